The number of rotatable bonds is 10. The summed E-state index contributed by atoms with van der Waals surface area (Å²) in [5.41, 5.74) is -0.442. The molecule has 0 N–H and O–H groups in total. The van der Waals surface area contributed by atoms with Crippen molar-refractivity contribution in [2.75, 3.05) is 20.0 Å². The molecule has 0 aromatic heterocycles. The lowest BCUT2D eigenvalue weighted by Crippen LogP contribution is -2.41. The summed E-state index contributed by atoms with van der Waals surface area (Å²) in [6.45, 7) is 12.5. The van der Waals surface area contributed by atoms with Crippen LogP contribution in [0.1, 0.15) is 60.3 Å². The average molecular weight is 286 g/mol. The summed E-state index contributed by atoms with van der Waals surface area (Å²) in [5.74, 6) is 0. The van der Waals surface area contributed by atoms with Gasteiger partial charge in [0.05, 0.1) is 11.2 Å². The minimum atomic E-state index is -0.221. The Morgan fingerprint density at radius 1 is 0.850 bits per heavy atom. The Hall–Kier alpha value is -0.0951. The molecule has 0 aliphatic carbocycles. The standard InChI is InChI=1S/C15H31BO4/c1-6-7-11-17-13-18-12-9-8-10-16-19-14(2,3)15(4,5)20-16/h6-13H2,1-5H3. The molecule has 0 radical (unpaired) electrons. The highest BCUT2D eigenvalue weighted by atomic mass is 16.7. The van der Waals surface area contributed by atoms with E-state index in [0.29, 0.717) is 6.79 Å². The topological polar surface area (TPSA) is 36.9 Å². The van der Waals surface area contributed by atoms with Crippen LogP contribution in [0.5, 0.6) is 0 Å². The Morgan fingerprint density at radius 2 is 1.40 bits per heavy atom. The van der Waals surface area contributed by atoms with Crippen molar-refractivity contribution in [2.24, 2.45) is 0 Å². The van der Waals surface area contributed by atoms with Crippen molar-refractivity contribution in [1.82, 2.24) is 0 Å². The maximum atomic E-state index is 5.95. The molecule has 0 bridgehead atoms. The van der Waals surface area contributed by atoms with Crippen molar-refractivity contribution in [3.63, 3.8) is 0 Å². The summed E-state index contributed by atoms with van der Waals surface area (Å²) in [6.07, 6.45) is 5.25. The zero-order chi connectivity index (χ0) is 15.1. The van der Waals surface area contributed by atoms with Crippen molar-refractivity contribution < 1.29 is 18.8 Å². The number of hydrogen-bond acceptors (Lipinski definition) is 4. The molecule has 1 aliphatic rings. The van der Waals surface area contributed by atoms with Crippen LogP contribution in [0, 0.1) is 0 Å². The second kappa shape index (κ2) is 8.37. The predicted octanol–water partition coefficient (Wildman–Crippen LogP) is 3.65. The van der Waals surface area contributed by atoms with Crippen molar-refractivity contribution in [2.45, 2.75) is 77.8 Å². The summed E-state index contributed by atoms with van der Waals surface area (Å²) in [7, 11) is -0.0826. The van der Waals surface area contributed by atoms with Gasteiger partial charge in [0, 0.05) is 13.2 Å². The van der Waals surface area contributed by atoms with Crippen LogP contribution in [-0.2, 0) is 18.8 Å². The Kier molecular flexibility index (Phi) is 7.52. The SMILES string of the molecule is CCCCOCOCCCCB1OC(C)(C)C(C)(C)O1. The van der Waals surface area contributed by atoms with Gasteiger partial charge in [-0.1, -0.05) is 19.8 Å². The Balaban J connectivity index is 1.98. The third-order valence-corrected chi connectivity index (χ3v) is 4.09. The first-order valence-electron chi connectivity index (χ1n) is 7.90. The van der Waals surface area contributed by atoms with Crippen LogP contribution in [0.15, 0.2) is 0 Å². The van der Waals surface area contributed by atoms with Gasteiger partial charge in [-0.15, -0.1) is 0 Å². The Labute approximate surface area is 124 Å². The monoisotopic (exact) mass is 286 g/mol. The Bertz CT molecular complexity index is 253. The van der Waals surface area contributed by atoms with Crippen LogP contribution < -0.4 is 0 Å². The molecule has 0 aromatic carbocycles. The summed E-state index contributed by atoms with van der Waals surface area (Å²) in [6, 6.07) is 0. The van der Waals surface area contributed by atoms with E-state index in [1.165, 1.54) is 0 Å². The highest BCUT2D eigenvalue weighted by Gasteiger charge is 2.50. The summed E-state index contributed by atoms with van der Waals surface area (Å²) in [4.78, 5) is 0. The van der Waals surface area contributed by atoms with Crippen molar-refractivity contribution in [1.29, 1.82) is 0 Å². The molecule has 0 unspecified atom stereocenters. The Morgan fingerprint density at radius 3 is 1.95 bits per heavy atom. The number of ether oxygens (including phenoxy) is 2. The van der Waals surface area contributed by atoms with Crippen molar-refractivity contribution in [3.8, 4) is 0 Å². The fourth-order valence-corrected chi connectivity index (χ4v) is 2.02. The van der Waals surface area contributed by atoms with Crippen LogP contribution >= 0.6 is 0 Å². The molecule has 5 heteroatoms. The molecule has 0 amide bonds. The lowest BCUT2D eigenvalue weighted by molar-refractivity contribution is -0.0550. The van der Waals surface area contributed by atoms with E-state index in [0.717, 1.165) is 45.2 Å². The molecular formula is C15H31BO4. The van der Waals surface area contributed by atoms with Gasteiger partial charge in [0.2, 0.25) is 0 Å². The van der Waals surface area contributed by atoms with E-state index < -0.39 is 0 Å². The summed E-state index contributed by atoms with van der Waals surface area (Å²) >= 11 is 0. The smallest absolute Gasteiger partial charge is 0.403 e. The van der Waals surface area contributed by atoms with Crippen LogP contribution in [0.2, 0.25) is 6.32 Å². The highest BCUT2D eigenvalue weighted by Crippen LogP contribution is 2.37. The zero-order valence-corrected chi connectivity index (χ0v) is 13.9. The normalized spacial score (nSPS) is 20.6. The first-order chi connectivity index (χ1) is 9.39. The van der Waals surface area contributed by atoms with E-state index in [4.69, 9.17) is 18.8 Å². The van der Waals surface area contributed by atoms with E-state index in [1.807, 2.05) is 0 Å². The van der Waals surface area contributed by atoms with Crippen molar-refractivity contribution in [3.05, 3.63) is 0 Å². The van der Waals surface area contributed by atoms with Gasteiger partial charge >= 0.3 is 7.12 Å². The minimum absolute atomic E-state index is 0.0826. The van der Waals surface area contributed by atoms with E-state index >= 15 is 0 Å². The zero-order valence-electron chi connectivity index (χ0n) is 13.9. The summed E-state index contributed by atoms with van der Waals surface area (Å²) < 4.78 is 22.7. The molecule has 1 aliphatic heterocycles. The molecule has 0 saturated carbocycles. The summed E-state index contributed by atoms with van der Waals surface area (Å²) in [5, 5.41) is 0. The van der Waals surface area contributed by atoms with Gasteiger partial charge in [0.1, 0.15) is 6.79 Å². The molecular weight excluding hydrogens is 255 g/mol. The van der Waals surface area contributed by atoms with E-state index in [9.17, 15) is 0 Å². The van der Waals surface area contributed by atoms with Gasteiger partial charge < -0.3 is 18.8 Å². The van der Waals surface area contributed by atoms with Gasteiger partial charge in [-0.2, -0.15) is 0 Å². The molecule has 118 valence electrons. The molecule has 4 nitrogen and oxygen atoms in total. The van der Waals surface area contributed by atoms with Gasteiger partial charge in [-0.05, 0) is 46.9 Å². The third kappa shape index (κ3) is 5.72. The second-order valence-electron chi connectivity index (χ2n) is 6.47. The molecule has 0 aromatic rings. The van der Waals surface area contributed by atoms with Crippen LogP contribution in [0.25, 0.3) is 0 Å². The third-order valence-electron chi connectivity index (χ3n) is 4.09. The van der Waals surface area contributed by atoms with E-state index in [-0.39, 0.29) is 18.3 Å². The quantitative estimate of drug-likeness (QED) is 0.349. The fraction of sp³-hybridized carbons (Fsp3) is 1.00. The fourth-order valence-electron chi connectivity index (χ4n) is 2.02. The minimum Gasteiger partial charge on any atom is -0.403 e. The van der Waals surface area contributed by atoms with Gasteiger partial charge in [-0.3, -0.25) is 0 Å². The first-order valence-corrected chi connectivity index (χ1v) is 7.90. The largest absolute Gasteiger partial charge is 0.457 e. The van der Waals surface area contributed by atoms with E-state index in [1.54, 1.807) is 0 Å². The maximum Gasteiger partial charge on any atom is 0.457 e. The first kappa shape index (κ1) is 18.0. The maximum absolute atomic E-state index is 5.95. The lowest BCUT2D eigenvalue weighted by Gasteiger charge is -2.32. The van der Waals surface area contributed by atoms with Crippen LogP contribution in [-0.4, -0.2) is 38.3 Å². The number of unbranched alkanes of at least 4 members (excludes halogenated alkanes) is 2. The average Bonchev–Trinajstić information content (AvgIpc) is 2.56. The van der Waals surface area contributed by atoms with E-state index in [2.05, 4.69) is 34.6 Å². The second-order valence-corrected chi connectivity index (χ2v) is 6.47. The number of hydrogen-bond donors (Lipinski definition) is 0. The molecule has 1 rings (SSSR count). The van der Waals surface area contributed by atoms with Gasteiger partial charge in [-0.25, -0.2) is 0 Å². The molecule has 0 atom stereocenters. The molecule has 20 heavy (non-hydrogen) atoms. The van der Waals surface area contributed by atoms with Gasteiger partial charge in [0.15, 0.2) is 0 Å². The highest BCUT2D eigenvalue weighted by molar-refractivity contribution is 6.45. The van der Waals surface area contributed by atoms with Crippen LogP contribution in [0.3, 0.4) is 0 Å². The molecule has 0 spiro atoms. The van der Waals surface area contributed by atoms with Crippen LogP contribution in [0.4, 0.5) is 0 Å². The molecule has 1 saturated heterocycles. The van der Waals surface area contributed by atoms with Gasteiger partial charge in [0.25, 0.3) is 0 Å². The molecule has 1 fully saturated rings. The predicted molar refractivity (Wildman–Crippen MR) is 81.8 cm³/mol. The molecule has 1 heterocycles. The van der Waals surface area contributed by atoms with Crippen molar-refractivity contribution >= 4 is 7.12 Å². The lowest BCUT2D eigenvalue weighted by atomic mass is 9.82.